The van der Waals surface area contributed by atoms with Gasteiger partial charge in [0.05, 0.1) is 13.7 Å². The van der Waals surface area contributed by atoms with Gasteiger partial charge in [-0.3, -0.25) is 0 Å². The Hall–Kier alpha value is -1.71. The van der Waals surface area contributed by atoms with Crippen molar-refractivity contribution < 1.29 is 9.47 Å². The molecule has 0 atom stereocenters. The summed E-state index contributed by atoms with van der Waals surface area (Å²) in [5.74, 6) is 1.73. The molecule has 0 radical (unpaired) electrons. The van der Waals surface area contributed by atoms with Crippen molar-refractivity contribution in [2.45, 2.75) is 13.0 Å². The molecule has 21 heavy (non-hydrogen) atoms. The fraction of sp³-hybridized carbons (Fsp3) is 0.294. The number of hydrogen-bond donors (Lipinski definition) is 1. The van der Waals surface area contributed by atoms with Crippen molar-refractivity contribution in [1.82, 2.24) is 5.32 Å². The Balaban J connectivity index is 0.00000220. The van der Waals surface area contributed by atoms with Crippen molar-refractivity contribution in [2.24, 2.45) is 0 Å². The Labute approximate surface area is 132 Å². The van der Waals surface area contributed by atoms with Gasteiger partial charge >= 0.3 is 0 Å². The first-order valence-electron chi connectivity index (χ1n) is 6.90. The van der Waals surface area contributed by atoms with Gasteiger partial charge in [0.25, 0.3) is 0 Å². The fourth-order valence-corrected chi connectivity index (χ4v) is 1.89. The normalized spacial score (nSPS) is 9.76. The zero-order valence-electron chi connectivity index (χ0n) is 12.2. The average molecular weight is 308 g/mol. The lowest BCUT2D eigenvalue weighted by atomic mass is 10.2. The molecule has 114 valence electrons. The fourth-order valence-electron chi connectivity index (χ4n) is 1.89. The van der Waals surface area contributed by atoms with Crippen LogP contribution < -0.4 is 14.8 Å². The van der Waals surface area contributed by atoms with E-state index < -0.39 is 0 Å². The van der Waals surface area contributed by atoms with Gasteiger partial charge in [-0.1, -0.05) is 30.3 Å². The Bertz CT molecular complexity index is 488. The second-order valence-electron chi connectivity index (χ2n) is 4.54. The van der Waals surface area contributed by atoms with E-state index in [2.05, 4.69) is 29.6 Å². The zero-order chi connectivity index (χ0) is 14.0. The largest absolute Gasteiger partial charge is 0.497 e. The standard InChI is InChI=1S/C17H21NO2.ClH/c1-19-16-8-10-17(11-9-16)20-13-5-12-18-14-15-6-3-2-4-7-15;/h2-4,6-11,18H,5,12-14H2,1H3;1H. The van der Waals surface area contributed by atoms with Crippen LogP contribution in [0.25, 0.3) is 0 Å². The van der Waals surface area contributed by atoms with E-state index in [1.807, 2.05) is 30.3 Å². The van der Waals surface area contributed by atoms with Gasteiger partial charge in [-0.2, -0.15) is 0 Å². The van der Waals surface area contributed by atoms with Gasteiger partial charge in [-0.15, -0.1) is 12.4 Å². The van der Waals surface area contributed by atoms with Crippen LogP contribution in [0.15, 0.2) is 54.6 Å². The molecule has 2 aromatic carbocycles. The van der Waals surface area contributed by atoms with Crippen LogP contribution in [0, 0.1) is 0 Å². The molecule has 0 aliphatic heterocycles. The van der Waals surface area contributed by atoms with Crippen LogP contribution in [0.1, 0.15) is 12.0 Å². The molecule has 0 spiro atoms. The lowest BCUT2D eigenvalue weighted by Gasteiger charge is -2.08. The van der Waals surface area contributed by atoms with E-state index in [4.69, 9.17) is 9.47 Å². The first-order chi connectivity index (χ1) is 9.88. The van der Waals surface area contributed by atoms with Crippen molar-refractivity contribution in [2.75, 3.05) is 20.3 Å². The van der Waals surface area contributed by atoms with Gasteiger partial charge in [0.15, 0.2) is 0 Å². The van der Waals surface area contributed by atoms with Crippen LogP contribution in [0.5, 0.6) is 11.5 Å². The molecule has 2 rings (SSSR count). The summed E-state index contributed by atoms with van der Waals surface area (Å²) < 4.78 is 10.8. The molecular formula is C17H22ClNO2. The molecule has 0 aliphatic carbocycles. The molecular weight excluding hydrogens is 286 g/mol. The quantitative estimate of drug-likeness (QED) is 0.755. The maximum atomic E-state index is 5.66. The molecule has 0 aromatic heterocycles. The van der Waals surface area contributed by atoms with Gasteiger partial charge < -0.3 is 14.8 Å². The number of ether oxygens (including phenoxy) is 2. The summed E-state index contributed by atoms with van der Waals surface area (Å²) >= 11 is 0. The zero-order valence-corrected chi connectivity index (χ0v) is 13.1. The smallest absolute Gasteiger partial charge is 0.119 e. The number of methoxy groups -OCH3 is 1. The van der Waals surface area contributed by atoms with Gasteiger partial charge in [0, 0.05) is 6.54 Å². The average Bonchev–Trinajstić information content (AvgIpc) is 2.52. The maximum absolute atomic E-state index is 5.66. The van der Waals surface area contributed by atoms with Crippen molar-refractivity contribution in [3.8, 4) is 11.5 Å². The van der Waals surface area contributed by atoms with Gasteiger partial charge in [-0.05, 0) is 42.8 Å². The summed E-state index contributed by atoms with van der Waals surface area (Å²) in [7, 11) is 1.66. The molecule has 0 amide bonds. The molecule has 0 bridgehead atoms. The monoisotopic (exact) mass is 307 g/mol. The third kappa shape index (κ3) is 6.52. The van der Waals surface area contributed by atoms with E-state index in [0.29, 0.717) is 6.61 Å². The van der Waals surface area contributed by atoms with E-state index in [0.717, 1.165) is 31.0 Å². The molecule has 1 N–H and O–H groups in total. The summed E-state index contributed by atoms with van der Waals surface area (Å²) in [4.78, 5) is 0. The minimum absolute atomic E-state index is 0. The molecule has 0 saturated carbocycles. The summed E-state index contributed by atoms with van der Waals surface area (Å²) in [5, 5.41) is 3.41. The van der Waals surface area contributed by atoms with Crippen molar-refractivity contribution in [1.29, 1.82) is 0 Å². The molecule has 0 unspecified atom stereocenters. The lowest BCUT2D eigenvalue weighted by molar-refractivity contribution is 0.307. The van der Waals surface area contributed by atoms with E-state index >= 15 is 0 Å². The summed E-state index contributed by atoms with van der Waals surface area (Å²) in [6.45, 7) is 2.57. The Morgan fingerprint density at radius 3 is 2.24 bits per heavy atom. The van der Waals surface area contributed by atoms with Crippen LogP contribution in [0.2, 0.25) is 0 Å². The third-order valence-electron chi connectivity index (χ3n) is 3.00. The highest BCUT2D eigenvalue weighted by atomic mass is 35.5. The highest BCUT2D eigenvalue weighted by molar-refractivity contribution is 5.85. The second kappa shape index (κ2) is 10.1. The summed E-state index contributed by atoms with van der Waals surface area (Å²) in [5.41, 5.74) is 1.31. The van der Waals surface area contributed by atoms with Gasteiger partial charge in [-0.25, -0.2) is 0 Å². The van der Waals surface area contributed by atoms with Crippen molar-refractivity contribution in [3.63, 3.8) is 0 Å². The summed E-state index contributed by atoms with van der Waals surface area (Å²) in [6, 6.07) is 18.1. The molecule has 2 aromatic rings. The molecule has 0 saturated heterocycles. The molecule has 3 nitrogen and oxygen atoms in total. The minimum Gasteiger partial charge on any atom is -0.497 e. The predicted molar refractivity (Wildman–Crippen MR) is 88.5 cm³/mol. The van der Waals surface area contributed by atoms with E-state index in [1.165, 1.54) is 5.56 Å². The van der Waals surface area contributed by atoms with Gasteiger partial charge in [0.2, 0.25) is 0 Å². The van der Waals surface area contributed by atoms with Crippen molar-refractivity contribution >= 4 is 12.4 Å². The van der Waals surface area contributed by atoms with Crippen LogP contribution in [0.4, 0.5) is 0 Å². The molecule has 4 heteroatoms. The third-order valence-corrected chi connectivity index (χ3v) is 3.00. The van der Waals surface area contributed by atoms with Crippen LogP contribution in [-0.4, -0.2) is 20.3 Å². The predicted octanol–water partition coefficient (Wildman–Crippen LogP) is 3.68. The first-order valence-corrected chi connectivity index (χ1v) is 6.90. The first kappa shape index (κ1) is 17.3. The highest BCUT2D eigenvalue weighted by Gasteiger charge is 1.95. The van der Waals surface area contributed by atoms with E-state index in [1.54, 1.807) is 7.11 Å². The Morgan fingerprint density at radius 1 is 0.905 bits per heavy atom. The maximum Gasteiger partial charge on any atom is 0.119 e. The number of halogens is 1. The SMILES string of the molecule is COc1ccc(OCCCNCc2ccccc2)cc1.Cl. The highest BCUT2D eigenvalue weighted by Crippen LogP contribution is 2.16. The minimum atomic E-state index is 0. The topological polar surface area (TPSA) is 30.5 Å². The number of hydrogen-bond acceptors (Lipinski definition) is 3. The van der Waals surface area contributed by atoms with E-state index in [-0.39, 0.29) is 12.4 Å². The van der Waals surface area contributed by atoms with E-state index in [9.17, 15) is 0 Å². The van der Waals surface area contributed by atoms with Crippen LogP contribution >= 0.6 is 12.4 Å². The lowest BCUT2D eigenvalue weighted by Crippen LogP contribution is -2.16. The Morgan fingerprint density at radius 2 is 1.57 bits per heavy atom. The number of nitrogens with one attached hydrogen (secondary N) is 1. The van der Waals surface area contributed by atoms with Gasteiger partial charge in [0.1, 0.15) is 11.5 Å². The summed E-state index contributed by atoms with van der Waals surface area (Å²) in [6.07, 6.45) is 0.985. The molecule has 0 heterocycles. The second-order valence-corrected chi connectivity index (χ2v) is 4.54. The van der Waals surface area contributed by atoms with Crippen LogP contribution in [-0.2, 0) is 6.54 Å². The number of rotatable bonds is 8. The molecule has 0 fully saturated rings. The number of benzene rings is 2. The van der Waals surface area contributed by atoms with Crippen molar-refractivity contribution in [3.05, 3.63) is 60.2 Å². The van der Waals surface area contributed by atoms with Crippen LogP contribution in [0.3, 0.4) is 0 Å². The Kier molecular flexibility index (Phi) is 8.32. The molecule has 0 aliphatic rings.